The van der Waals surface area contributed by atoms with Crippen LogP contribution in [0.5, 0.6) is 0 Å². The predicted molar refractivity (Wildman–Crippen MR) is 70.2 cm³/mol. The molecule has 19 heavy (non-hydrogen) atoms. The van der Waals surface area contributed by atoms with Gasteiger partial charge in [-0.05, 0) is 28.8 Å². The molecule has 0 fully saturated rings. The van der Waals surface area contributed by atoms with E-state index in [1.807, 2.05) is 6.07 Å². The molecule has 0 bridgehead atoms. The third kappa shape index (κ3) is 3.19. The number of hydrogen-bond acceptors (Lipinski definition) is 2. The van der Waals surface area contributed by atoms with Crippen molar-refractivity contribution in [2.75, 3.05) is 0 Å². The van der Waals surface area contributed by atoms with Crippen LogP contribution >= 0.6 is 0 Å². The van der Waals surface area contributed by atoms with Crippen LogP contribution in [0, 0.1) is 0 Å². The first-order chi connectivity index (χ1) is 9.06. The molecule has 0 spiro atoms. The van der Waals surface area contributed by atoms with Gasteiger partial charge in [0.1, 0.15) is 0 Å². The number of carbonyl (C=O) groups is 2. The van der Waals surface area contributed by atoms with Gasteiger partial charge in [-0.25, -0.2) is 4.79 Å². The summed E-state index contributed by atoms with van der Waals surface area (Å²) in [4.78, 5) is 21.4. The number of aromatic carboxylic acids is 1. The zero-order chi connectivity index (χ0) is 13.8. The SMILES string of the molecule is O=C(O)Cc1cccc(-c2ccc(C(=O)O)cc2)c1. The van der Waals surface area contributed by atoms with Crippen molar-refractivity contribution >= 4 is 11.9 Å². The first-order valence-electron chi connectivity index (χ1n) is 5.71. The van der Waals surface area contributed by atoms with Crippen LogP contribution in [0.4, 0.5) is 0 Å². The van der Waals surface area contributed by atoms with E-state index >= 15 is 0 Å². The van der Waals surface area contributed by atoms with Crippen molar-refractivity contribution in [1.82, 2.24) is 0 Å². The Bertz CT molecular complexity index is 614. The molecule has 0 atom stereocenters. The molecule has 0 radical (unpaired) electrons. The zero-order valence-corrected chi connectivity index (χ0v) is 10.0. The molecule has 0 saturated heterocycles. The number of rotatable bonds is 4. The Labute approximate surface area is 109 Å². The summed E-state index contributed by atoms with van der Waals surface area (Å²) >= 11 is 0. The van der Waals surface area contributed by atoms with Gasteiger partial charge in [-0.2, -0.15) is 0 Å². The number of carboxylic acids is 2. The van der Waals surface area contributed by atoms with Crippen LogP contribution in [0.2, 0.25) is 0 Å². The molecule has 0 amide bonds. The first kappa shape index (κ1) is 12.8. The average Bonchev–Trinajstić information content (AvgIpc) is 2.38. The van der Waals surface area contributed by atoms with E-state index in [0.717, 1.165) is 11.1 Å². The molecule has 2 N–H and O–H groups in total. The van der Waals surface area contributed by atoms with Crippen molar-refractivity contribution in [1.29, 1.82) is 0 Å². The summed E-state index contributed by atoms with van der Waals surface area (Å²) in [5, 5.41) is 17.6. The van der Waals surface area contributed by atoms with Gasteiger partial charge in [0.2, 0.25) is 0 Å². The van der Waals surface area contributed by atoms with Crippen LogP contribution in [0.25, 0.3) is 11.1 Å². The third-order valence-corrected chi connectivity index (χ3v) is 2.75. The van der Waals surface area contributed by atoms with Gasteiger partial charge in [0.05, 0.1) is 12.0 Å². The van der Waals surface area contributed by atoms with Gasteiger partial charge in [0.15, 0.2) is 0 Å². The summed E-state index contributed by atoms with van der Waals surface area (Å²) in [6.45, 7) is 0. The fourth-order valence-electron chi connectivity index (χ4n) is 1.84. The molecule has 0 aliphatic heterocycles. The van der Waals surface area contributed by atoms with Gasteiger partial charge in [-0.1, -0.05) is 36.4 Å². The largest absolute Gasteiger partial charge is 0.481 e. The average molecular weight is 256 g/mol. The van der Waals surface area contributed by atoms with E-state index in [9.17, 15) is 9.59 Å². The Morgan fingerprint density at radius 3 is 2.16 bits per heavy atom. The van der Waals surface area contributed by atoms with E-state index in [1.165, 1.54) is 12.1 Å². The molecule has 0 heterocycles. The van der Waals surface area contributed by atoms with Gasteiger partial charge < -0.3 is 10.2 Å². The molecule has 0 aliphatic rings. The third-order valence-electron chi connectivity index (χ3n) is 2.75. The van der Waals surface area contributed by atoms with Crippen LogP contribution in [-0.4, -0.2) is 22.2 Å². The Kier molecular flexibility index (Phi) is 3.61. The van der Waals surface area contributed by atoms with E-state index in [-0.39, 0.29) is 12.0 Å². The molecular formula is C15H12O4. The lowest BCUT2D eigenvalue weighted by molar-refractivity contribution is -0.136. The van der Waals surface area contributed by atoms with E-state index < -0.39 is 11.9 Å². The Morgan fingerprint density at radius 2 is 1.58 bits per heavy atom. The summed E-state index contributed by atoms with van der Waals surface area (Å²) in [6.07, 6.45) is -0.0267. The minimum atomic E-state index is -0.967. The number of carboxylic acid groups (broad SMARTS) is 2. The van der Waals surface area contributed by atoms with Crippen LogP contribution in [0.1, 0.15) is 15.9 Å². The Balaban J connectivity index is 2.30. The van der Waals surface area contributed by atoms with Gasteiger partial charge >= 0.3 is 11.9 Å². The number of aliphatic carboxylic acids is 1. The van der Waals surface area contributed by atoms with E-state index in [4.69, 9.17) is 10.2 Å². The molecule has 96 valence electrons. The summed E-state index contributed by atoms with van der Waals surface area (Å²) in [5.74, 6) is -1.84. The van der Waals surface area contributed by atoms with E-state index in [1.54, 1.807) is 30.3 Å². The lowest BCUT2D eigenvalue weighted by Crippen LogP contribution is -1.99. The molecule has 0 aliphatic carbocycles. The molecule has 2 rings (SSSR count). The van der Waals surface area contributed by atoms with Crippen molar-refractivity contribution in [3.8, 4) is 11.1 Å². The topological polar surface area (TPSA) is 74.6 Å². The monoisotopic (exact) mass is 256 g/mol. The van der Waals surface area contributed by atoms with Gasteiger partial charge in [-0.3, -0.25) is 4.79 Å². The highest BCUT2D eigenvalue weighted by Gasteiger charge is 2.05. The highest BCUT2D eigenvalue weighted by molar-refractivity contribution is 5.88. The maximum Gasteiger partial charge on any atom is 0.335 e. The van der Waals surface area contributed by atoms with Crippen LogP contribution < -0.4 is 0 Å². The summed E-state index contributed by atoms with van der Waals surface area (Å²) in [6, 6.07) is 13.7. The molecule has 0 unspecified atom stereocenters. The second-order valence-electron chi connectivity index (χ2n) is 4.15. The molecule has 4 heteroatoms. The van der Waals surface area contributed by atoms with Crippen LogP contribution in [0.15, 0.2) is 48.5 Å². The standard InChI is InChI=1S/C15H12O4/c16-14(17)9-10-2-1-3-13(8-10)11-4-6-12(7-5-11)15(18)19/h1-8H,9H2,(H,16,17)(H,18,19). The van der Waals surface area contributed by atoms with Crippen LogP contribution in [0.3, 0.4) is 0 Å². The van der Waals surface area contributed by atoms with Crippen molar-refractivity contribution < 1.29 is 19.8 Å². The van der Waals surface area contributed by atoms with Crippen molar-refractivity contribution in [3.63, 3.8) is 0 Å². The molecule has 2 aromatic rings. The molecule has 4 nitrogen and oxygen atoms in total. The lowest BCUT2D eigenvalue weighted by Gasteiger charge is -2.04. The van der Waals surface area contributed by atoms with Crippen LogP contribution in [-0.2, 0) is 11.2 Å². The number of hydrogen-bond donors (Lipinski definition) is 2. The van der Waals surface area contributed by atoms with E-state index in [2.05, 4.69) is 0 Å². The molecule has 2 aromatic carbocycles. The second-order valence-corrected chi connectivity index (χ2v) is 4.15. The van der Waals surface area contributed by atoms with Gasteiger partial charge in [-0.15, -0.1) is 0 Å². The van der Waals surface area contributed by atoms with Crippen molar-refractivity contribution in [3.05, 3.63) is 59.7 Å². The van der Waals surface area contributed by atoms with Gasteiger partial charge in [0.25, 0.3) is 0 Å². The maximum atomic E-state index is 10.8. The summed E-state index contributed by atoms with van der Waals surface area (Å²) < 4.78 is 0. The fourth-order valence-corrected chi connectivity index (χ4v) is 1.84. The molecule has 0 aromatic heterocycles. The quantitative estimate of drug-likeness (QED) is 0.881. The second kappa shape index (κ2) is 5.35. The minimum absolute atomic E-state index is 0.0267. The highest BCUT2D eigenvalue weighted by atomic mass is 16.4. The van der Waals surface area contributed by atoms with E-state index in [0.29, 0.717) is 5.56 Å². The first-order valence-corrected chi connectivity index (χ1v) is 5.71. The lowest BCUT2D eigenvalue weighted by atomic mass is 10.0. The van der Waals surface area contributed by atoms with Crippen molar-refractivity contribution in [2.45, 2.75) is 6.42 Å². The smallest absolute Gasteiger partial charge is 0.335 e. The van der Waals surface area contributed by atoms with Crippen molar-refractivity contribution in [2.24, 2.45) is 0 Å². The summed E-state index contributed by atoms with van der Waals surface area (Å²) in [5.41, 5.74) is 2.67. The Morgan fingerprint density at radius 1 is 0.895 bits per heavy atom. The Hall–Kier alpha value is -2.62. The molecular weight excluding hydrogens is 244 g/mol. The highest BCUT2D eigenvalue weighted by Crippen LogP contribution is 2.21. The normalized spacial score (nSPS) is 10.1. The molecule has 0 saturated carbocycles. The zero-order valence-electron chi connectivity index (χ0n) is 10.0. The maximum absolute atomic E-state index is 10.8. The summed E-state index contributed by atoms with van der Waals surface area (Å²) in [7, 11) is 0. The predicted octanol–water partition coefficient (Wildman–Crippen LogP) is 2.68. The minimum Gasteiger partial charge on any atom is -0.481 e. The number of benzene rings is 2. The van der Waals surface area contributed by atoms with Gasteiger partial charge in [0, 0.05) is 0 Å². The fraction of sp³-hybridized carbons (Fsp3) is 0.0667.